The van der Waals surface area contributed by atoms with Crippen molar-refractivity contribution in [2.24, 2.45) is 0 Å². The number of aromatic nitrogens is 2. The van der Waals surface area contributed by atoms with Gasteiger partial charge >= 0.3 is 11.8 Å². The van der Waals surface area contributed by atoms with Gasteiger partial charge in [0.25, 0.3) is 0 Å². The first kappa shape index (κ1) is 19.6. The van der Waals surface area contributed by atoms with E-state index in [1.165, 1.54) is 21.7 Å². The number of para-hydroxylation sites is 2. The van der Waals surface area contributed by atoms with Crippen LogP contribution in [0, 0.1) is 0 Å². The normalized spacial score (nSPS) is 18.1. The van der Waals surface area contributed by atoms with Gasteiger partial charge in [-0.3, -0.25) is 4.57 Å². The molecular formula is C21H20N4O5. The summed E-state index contributed by atoms with van der Waals surface area (Å²) in [6.07, 6.45) is -0.570. The second-order valence-electron chi connectivity index (χ2n) is 6.48. The summed E-state index contributed by atoms with van der Waals surface area (Å²) in [6.45, 7) is -0.0164. The summed E-state index contributed by atoms with van der Waals surface area (Å²) < 4.78 is 17.9. The molecular weight excluding hydrogens is 388 g/mol. The van der Waals surface area contributed by atoms with Crippen molar-refractivity contribution in [3.05, 3.63) is 83.4 Å². The van der Waals surface area contributed by atoms with Gasteiger partial charge in [-0.25, -0.2) is 14.5 Å². The fraction of sp³-hybridized carbons (Fsp3) is 0.190. The van der Waals surface area contributed by atoms with E-state index < -0.39 is 24.3 Å². The van der Waals surface area contributed by atoms with E-state index in [1.807, 2.05) is 60.7 Å². The minimum absolute atomic E-state index is 0.120. The number of nitrogen functional groups attached to an aromatic ring is 1. The molecule has 0 radical (unpaired) electrons. The molecule has 3 aromatic rings. The predicted molar refractivity (Wildman–Crippen MR) is 109 cm³/mol. The first-order valence-electron chi connectivity index (χ1n) is 9.30. The molecule has 0 saturated carbocycles. The van der Waals surface area contributed by atoms with Crippen molar-refractivity contribution >= 4 is 23.3 Å². The van der Waals surface area contributed by atoms with E-state index in [0.29, 0.717) is 11.4 Å². The Kier molecular flexibility index (Phi) is 5.73. The second-order valence-corrected chi connectivity index (χ2v) is 6.48. The Hall–Kier alpha value is -3.69. The number of carbonyl (C=O) groups is 1. The number of ether oxygens (including phenoxy) is 3. The molecule has 1 aromatic heterocycles. The first-order chi connectivity index (χ1) is 14.6. The zero-order valence-electron chi connectivity index (χ0n) is 16.0. The number of hydrogen-bond acceptors (Lipinski definition) is 7. The van der Waals surface area contributed by atoms with E-state index in [0.717, 1.165) is 0 Å². The highest BCUT2D eigenvalue weighted by Gasteiger charge is 2.30. The lowest BCUT2D eigenvalue weighted by molar-refractivity contribution is -0.100. The van der Waals surface area contributed by atoms with Gasteiger partial charge in [0, 0.05) is 6.20 Å². The number of amides is 1. The summed E-state index contributed by atoms with van der Waals surface area (Å²) >= 11 is 0. The van der Waals surface area contributed by atoms with Crippen molar-refractivity contribution in [3.63, 3.8) is 0 Å². The van der Waals surface area contributed by atoms with Crippen LogP contribution in [0.15, 0.2) is 77.7 Å². The fourth-order valence-corrected chi connectivity index (χ4v) is 3.04. The maximum absolute atomic E-state index is 12.9. The summed E-state index contributed by atoms with van der Waals surface area (Å²) in [5.41, 5.74) is 6.29. The number of anilines is 3. The van der Waals surface area contributed by atoms with Crippen molar-refractivity contribution in [2.45, 2.75) is 12.5 Å². The van der Waals surface area contributed by atoms with Gasteiger partial charge in [0.1, 0.15) is 12.4 Å². The van der Waals surface area contributed by atoms with Gasteiger partial charge in [-0.2, -0.15) is 4.98 Å². The van der Waals surface area contributed by atoms with Gasteiger partial charge in [-0.15, -0.1) is 0 Å². The Morgan fingerprint density at radius 2 is 1.73 bits per heavy atom. The molecule has 2 N–H and O–H groups in total. The zero-order chi connectivity index (χ0) is 20.9. The molecule has 1 saturated heterocycles. The van der Waals surface area contributed by atoms with Crippen molar-refractivity contribution in [3.8, 4) is 0 Å². The van der Waals surface area contributed by atoms with Crippen molar-refractivity contribution < 1.29 is 19.0 Å². The number of rotatable bonds is 5. The summed E-state index contributed by atoms with van der Waals surface area (Å²) in [4.78, 5) is 29.9. The largest absolute Gasteiger partial charge is 0.443 e. The van der Waals surface area contributed by atoms with Crippen LogP contribution in [0.3, 0.4) is 0 Å². The summed E-state index contributed by atoms with van der Waals surface area (Å²) in [5.74, 6) is 0.127. The quantitative estimate of drug-likeness (QED) is 0.691. The molecule has 1 amide bonds. The molecule has 30 heavy (non-hydrogen) atoms. The Balaban J connectivity index is 1.42. The highest BCUT2D eigenvalue weighted by atomic mass is 16.7. The lowest BCUT2D eigenvalue weighted by Crippen LogP contribution is -2.31. The van der Waals surface area contributed by atoms with Crippen molar-refractivity contribution in [2.75, 3.05) is 23.8 Å². The van der Waals surface area contributed by atoms with Crippen LogP contribution in [0.5, 0.6) is 0 Å². The van der Waals surface area contributed by atoms with Crippen LogP contribution in [-0.2, 0) is 14.2 Å². The second kappa shape index (κ2) is 8.76. The third kappa shape index (κ3) is 4.32. The fourth-order valence-electron chi connectivity index (χ4n) is 3.04. The van der Waals surface area contributed by atoms with E-state index in [4.69, 9.17) is 19.9 Å². The van der Waals surface area contributed by atoms with Crippen LogP contribution in [-0.4, -0.2) is 35.1 Å². The molecule has 0 unspecified atom stereocenters. The van der Waals surface area contributed by atoms with Gasteiger partial charge in [-0.05, 0) is 30.3 Å². The minimum Gasteiger partial charge on any atom is -0.443 e. The Labute approximate surface area is 172 Å². The van der Waals surface area contributed by atoms with E-state index in [-0.39, 0.29) is 19.0 Å². The summed E-state index contributed by atoms with van der Waals surface area (Å²) in [6, 6.07) is 19.8. The van der Waals surface area contributed by atoms with Crippen LogP contribution >= 0.6 is 0 Å². The zero-order valence-corrected chi connectivity index (χ0v) is 16.0. The Morgan fingerprint density at radius 3 is 2.33 bits per heavy atom. The molecule has 2 atom stereocenters. The SMILES string of the molecule is Nc1ccn([C@@H]2CO[C@H](COC(=O)N(c3ccccc3)c3ccccc3)O2)c(=O)n1. The van der Waals surface area contributed by atoms with Crippen LogP contribution < -0.4 is 16.3 Å². The van der Waals surface area contributed by atoms with Gasteiger partial charge in [0.15, 0.2) is 12.5 Å². The van der Waals surface area contributed by atoms with Crippen molar-refractivity contribution in [1.82, 2.24) is 9.55 Å². The molecule has 1 aliphatic rings. The standard InChI is InChI=1S/C21H20N4O5/c22-17-11-12-24(20(26)23-17)18-13-28-19(30-18)14-29-21(27)25(15-7-3-1-4-8-15)16-9-5-2-6-10-16/h1-12,18-19H,13-14H2,(H2,22,23,26)/t18-,19-/m0/s1. The maximum atomic E-state index is 12.9. The molecule has 9 heteroatoms. The van der Waals surface area contributed by atoms with Crippen LogP contribution in [0.4, 0.5) is 22.0 Å². The summed E-state index contributed by atoms with van der Waals surface area (Å²) in [7, 11) is 0. The number of hydrogen-bond donors (Lipinski definition) is 1. The number of nitrogens with zero attached hydrogens (tertiary/aromatic N) is 3. The van der Waals surface area contributed by atoms with Gasteiger partial charge in [0.2, 0.25) is 0 Å². The molecule has 2 heterocycles. The van der Waals surface area contributed by atoms with E-state index in [1.54, 1.807) is 0 Å². The molecule has 0 spiro atoms. The molecule has 154 valence electrons. The molecule has 1 aliphatic heterocycles. The molecule has 0 bridgehead atoms. The van der Waals surface area contributed by atoms with Crippen LogP contribution in [0.2, 0.25) is 0 Å². The van der Waals surface area contributed by atoms with E-state index >= 15 is 0 Å². The number of nitrogens with two attached hydrogens (primary N) is 1. The minimum atomic E-state index is -0.809. The van der Waals surface area contributed by atoms with E-state index in [9.17, 15) is 9.59 Å². The summed E-state index contributed by atoms with van der Waals surface area (Å²) in [5, 5.41) is 0. The molecule has 1 fully saturated rings. The average Bonchev–Trinajstić information content (AvgIpc) is 3.23. The molecule has 4 rings (SSSR count). The van der Waals surface area contributed by atoms with Gasteiger partial charge in [-0.1, -0.05) is 36.4 Å². The monoisotopic (exact) mass is 408 g/mol. The van der Waals surface area contributed by atoms with Crippen LogP contribution in [0.25, 0.3) is 0 Å². The third-order valence-corrected chi connectivity index (χ3v) is 4.45. The van der Waals surface area contributed by atoms with Crippen LogP contribution in [0.1, 0.15) is 6.23 Å². The molecule has 2 aromatic carbocycles. The lowest BCUT2D eigenvalue weighted by atomic mass is 10.2. The third-order valence-electron chi connectivity index (χ3n) is 4.45. The first-order valence-corrected chi connectivity index (χ1v) is 9.30. The van der Waals surface area contributed by atoms with E-state index in [2.05, 4.69) is 4.98 Å². The topological polar surface area (TPSA) is 109 Å². The maximum Gasteiger partial charge on any atom is 0.419 e. The Bertz CT molecular complexity index is 1020. The average molecular weight is 408 g/mol. The van der Waals surface area contributed by atoms with Gasteiger partial charge < -0.3 is 19.9 Å². The highest BCUT2D eigenvalue weighted by molar-refractivity contribution is 5.95. The van der Waals surface area contributed by atoms with Crippen molar-refractivity contribution in [1.29, 1.82) is 0 Å². The molecule has 0 aliphatic carbocycles. The smallest absolute Gasteiger partial charge is 0.419 e. The highest BCUT2D eigenvalue weighted by Crippen LogP contribution is 2.26. The molecule has 9 nitrogen and oxygen atoms in total. The number of carbonyl (C=O) groups excluding carboxylic acids is 1. The Morgan fingerprint density at radius 1 is 1.10 bits per heavy atom. The lowest BCUT2D eigenvalue weighted by Gasteiger charge is -2.23. The predicted octanol–water partition coefficient (Wildman–Crippen LogP) is 2.67. The van der Waals surface area contributed by atoms with Gasteiger partial charge in [0.05, 0.1) is 18.0 Å². The number of benzene rings is 2.